The summed E-state index contributed by atoms with van der Waals surface area (Å²) < 4.78 is 15.8. The molecular formula is C14H13FIN3O. The fraction of sp³-hybridized carbons (Fsp3) is 0.214. The van der Waals surface area contributed by atoms with E-state index in [1.165, 1.54) is 6.07 Å². The Morgan fingerprint density at radius 2 is 2.20 bits per heavy atom. The van der Waals surface area contributed by atoms with Gasteiger partial charge in [-0.2, -0.15) is 0 Å². The zero-order chi connectivity index (χ0) is 14.4. The molecule has 2 aromatic heterocycles. The standard InChI is InChI=1S/C14H13FIN3O/c1-2-5-19-6-9-10(14(19)20)12(17)7-3-4-8(15)11(16)13(7)18-9/h3-4,6,20H,2,5,17H2,1H3. The molecule has 2 heterocycles. The quantitative estimate of drug-likeness (QED) is 0.663. The summed E-state index contributed by atoms with van der Waals surface area (Å²) in [6.07, 6.45) is 2.64. The zero-order valence-corrected chi connectivity index (χ0v) is 13.0. The molecular weight excluding hydrogens is 372 g/mol. The van der Waals surface area contributed by atoms with Gasteiger partial charge in [0.1, 0.15) is 5.82 Å². The minimum atomic E-state index is -0.318. The van der Waals surface area contributed by atoms with Crippen LogP contribution in [0, 0.1) is 9.39 Å². The molecule has 0 bridgehead atoms. The number of fused-ring (bicyclic) bond motifs is 2. The van der Waals surface area contributed by atoms with Crippen molar-refractivity contribution in [2.24, 2.45) is 0 Å². The van der Waals surface area contributed by atoms with Crippen LogP contribution in [0.3, 0.4) is 0 Å². The molecule has 0 saturated carbocycles. The summed E-state index contributed by atoms with van der Waals surface area (Å²) in [6, 6.07) is 2.97. The average molecular weight is 385 g/mol. The number of halogens is 2. The first kappa shape index (κ1) is 13.4. The lowest BCUT2D eigenvalue weighted by atomic mass is 10.1. The lowest BCUT2D eigenvalue weighted by Gasteiger charge is -2.06. The van der Waals surface area contributed by atoms with Crippen molar-refractivity contribution >= 4 is 50.1 Å². The first-order valence-corrected chi connectivity index (χ1v) is 7.37. The number of aryl methyl sites for hydroxylation is 1. The largest absolute Gasteiger partial charge is 0.494 e. The second kappa shape index (κ2) is 4.76. The molecule has 0 amide bonds. The minimum Gasteiger partial charge on any atom is -0.494 e. The van der Waals surface area contributed by atoms with Gasteiger partial charge in [0.15, 0.2) is 0 Å². The number of pyridine rings is 1. The van der Waals surface area contributed by atoms with Gasteiger partial charge in [-0.1, -0.05) is 6.92 Å². The van der Waals surface area contributed by atoms with Gasteiger partial charge in [-0.15, -0.1) is 0 Å². The van der Waals surface area contributed by atoms with Gasteiger partial charge in [0.05, 0.1) is 25.7 Å². The van der Waals surface area contributed by atoms with E-state index >= 15 is 0 Å². The summed E-state index contributed by atoms with van der Waals surface area (Å²) in [5.74, 6) is -0.199. The Balaban J connectivity index is 2.45. The van der Waals surface area contributed by atoms with Crippen molar-refractivity contribution in [1.29, 1.82) is 0 Å². The first-order valence-electron chi connectivity index (χ1n) is 6.29. The van der Waals surface area contributed by atoms with Gasteiger partial charge in [0.25, 0.3) is 0 Å². The monoisotopic (exact) mass is 385 g/mol. The highest BCUT2D eigenvalue weighted by atomic mass is 127. The van der Waals surface area contributed by atoms with E-state index in [4.69, 9.17) is 5.73 Å². The molecule has 0 atom stereocenters. The molecule has 0 spiro atoms. The normalized spacial score (nSPS) is 11.6. The summed E-state index contributed by atoms with van der Waals surface area (Å²) in [6.45, 7) is 2.71. The van der Waals surface area contributed by atoms with Crippen LogP contribution in [0.1, 0.15) is 13.3 Å². The maximum absolute atomic E-state index is 13.6. The van der Waals surface area contributed by atoms with Gasteiger partial charge in [-0.3, -0.25) is 0 Å². The van der Waals surface area contributed by atoms with Crippen LogP contribution in [0.15, 0.2) is 18.3 Å². The van der Waals surface area contributed by atoms with Crippen LogP contribution in [0.4, 0.5) is 10.1 Å². The van der Waals surface area contributed by atoms with E-state index in [1.54, 1.807) is 16.8 Å². The molecule has 4 nitrogen and oxygen atoms in total. The van der Waals surface area contributed by atoms with Crippen molar-refractivity contribution in [3.05, 3.63) is 27.7 Å². The molecule has 1 aromatic carbocycles. The number of nitrogen functional groups attached to an aromatic ring is 1. The highest BCUT2D eigenvalue weighted by Gasteiger charge is 2.17. The summed E-state index contributed by atoms with van der Waals surface area (Å²) in [5, 5.41) is 11.4. The summed E-state index contributed by atoms with van der Waals surface area (Å²) in [4.78, 5) is 4.45. The van der Waals surface area contributed by atoms with Crippen LogP contribution >= 0.6 is 22.6 Å². The van der Waals surface area contributed by atoms with E-state index in [1.807, 2.05) is 29.5 Å². The fourth-order valence-electron chi connectivity index (χ4n) is 2.41. The van der Waals surface area contributed by atoms with Crippen molar-refractivity contribution < 1.29 is 9.50 Å². The SMILES string of the molecule is CCCn1cc2nc3c(I)c(F)ccc3c(N)c2c1O. The van der Waals surface area contributed by atoms with Gasteiger partial charge >= 0.3 is 0 Å². The van der Waals surface area contributed by atoms with Crippen molar-refractivity contribution in [2.45, 2.75) is 19.9 Å². The summed E-state index contributed by atoms with van der Waals surface area (Å²) >= 11 is 1.92. The summed E-state index contributed by atoms with van der Waals surface area (Å²) in [5.41, 5.74) is 7.70. The van der Waals surface area contributed by atoms with Crippen LogP contribution in [0.2, 0.25) is 0 Å². The van der Waals surface area contributed by atoms with E-state index in [0.29, 0.717) is 37.6 Å². The van der Waals surface area contributed by atoms with Crippen LogP contribution in [-0.2, 0) is 6.54 Å². The van der Waals surface area contributed by atoms with Gasteiger partial charge in [-0.05, 0) is 41.1 Å². The lowest BCUT2D eigenvalue weighted by Crippen LogP contribution is -1.95. The third-order valence-electron chi connectivity index (χ3n) is 3.36. The highest BCUT2D eigenvalue weighted by Crippen LogP contribution is 2.37. The predicted molar refractivity (Wildman–Crippen MR) is 86.3 cm³/mol. The Morgan fingerprint density at radius 3 is 2.90 bits per heavy atom. The Morgan fingerprint density at radius 1 is 1.45 bits per heavy atom. The smallest absolute Gasteiger partial charge is 0.202 e. The molecule has 0 aliphatic heterocycles. The van der Waals surface area contributed by atoms with Gasteiger partial charge in [0.2, 0.25) is 5.88 Å². The maximum Gasteiger partial charge on any atom is 0.202 e. The molecule has 0 fully saturated rings. The van der Waals surface area contributed by atoms with E-state index in [9.17, 15) is 9.50 Å². The number of hydrogen-bond donors (Lipinski definition) is 2. The molecule has 0 aliphatic carbocycles. The maximum atomic E-state index is 13.6. The molecule has 6 heteroatoms. The van der Waals surface area contributed by atoms with Crippen molar-refractivity contribution in [2.75, 3.05) is 5.73 Å². The number of anilines is 1. The average Bonchev–Trinajstić information content (AvgIpc) is 2.72. The Kier molecular flexibility index (Phi) is 3.19. The van der Waals surface area contributed by atoms with Crippen LogP contribution in [-0.4, -0.2) is 14.7 Å². The van der Waals surface area contributed by atoms with E-state index in [2.05, 4.69) is 4.98 Å². The number of nitrogens with zero attached hydrogens (tertiary/aromatic N) is 2. The number of rotatable bonds is 2. The van der Waals surface area contributed by atoms with E-state index < -0.39 is 0 Å². The van der Waals surface area contributed by atoms with E-state index in [-0.39, 0.29) is 11.7 Å². The molecule has 0 saturated heterocycles. The molecule has 3 rings (SSSR count). The Bertz CT molecular complexity index is 828. The first-order chi connectivity index (χ1) is 9.54. The zero-order valence-electron chi connectivity index (χ0n) is 10.8. The number of hydrogen-bond acceptors (Lipinski definition) is 3. The molecule has 3 N–H and O–H groups in total. The molecule has 104 valence electrons. The lowest BCUT2D eigenvalue weighted by molar-refractivity contribution is 0.421. The van der Waals surface area contributed by atoms with Gasteiger partial charge in [0, 0.05) is 18.1 Å². The van der Waals surface area contributed by atoms with Crippen molar-refractivity contribution in [3.63, 3.8) is 0 Å². The Labute approximate surface area is 128 Å². The van der Waals surface area contributed by atoms with Crippen molar-refractivity contribution in [3.8, 4) is 5.88 Å². The molecule has 0 radical (unpaired) electrons. The topological polar surface area (TPSA) is 64.1 Å². The third kappa shape index (κ3) is 1.81. The van der Waals surface area contributed by atoms with Gasteiger partial charge in [-0.25, -0.2) is 9.37 Å². The van der Waals surface area contributed by atoms with Gasteiger partial charge < -0.3 is 15.4 Å². The second-order valence-corrected chi connectivity index (χ2v) is 5.77. The van der Waals surface area contributed by atoms with Crippen LogP contribution < -0.4 is 5.73 Å². The van der Waals surface area contributed by atoms with Crippen LogP contribution in [0.5, 0.6) is 5.88 Å². The summed E-state index contributed by atoms with van der Waals surface area (Å²) in [7, 11) is 0. The molecule has 3 aromatic rings. The van der Waals surface area contributed by atoms with E-state index in [0.717, 1.165) is 6.42 Å². The van der Waals surface area contributed by atoms with Crippen LogP contribution in [0.25, 0.3) is 21.8 Å². The fourth-order valence-corrected chi connectivity index (χ4v) is 3.00. The predicted octanol–water partition coefficient (Wildman–Crippen LogP) is 3.63. The van der Waals surface area contributed by atoms with Crippen molar-refractivity contribution in [1.82, 2.24) is 9.55 Å². The Hall–Kier alpha value is -1.57. The number of benzene rings is 1. The number of aromatic nitrogens is 2. The number of aromatic hydroxyl groups is 1. The molecule has 20 heavy (non-hydrogen) atoms. The molecule has 0 unspecified atom stereocenters. The number of nitrogens with two attached hydrogens (primary N) is 1. The highest BCUT2D eigenvalue weighted by molar-refractivity contribution is 14.1. The second-order valence-electron chi connectivity index (χ2n) is 4.69. The minimum absolute atomic E-state index is 0.119. The third-order valence-corrected chi connectivity index (χ3v) is 4.38. The molecule has 0 aliphatic rings.